The molecule has 2 aromatic carbocycles. The number of morpholine rings is 1. The first kappa shape index (κ1) is 32.0. The molecule has 0 spiro atoms. The van der Waals surface area contributed by atoms with Gasteiger partial charge in [0.2, 0.25) is 17.7 Å². The van der Waals surface area contributed by atoms with Crippen molar-refractivity contribution in [2.24, 2.45) is 5.92 Å². The molecule has 2 saturated heterocycles. The molecule has 0 bridgehead atoms. The SMILES string of the molecule is CCOC(=O)c1ccc(N2C(=O)[C@H]3[C@H](c4ccc(N(CC)CC)cc4)c4sc(=O)n(CC(=O)N5CCOCC5)c4S[C@H]3C2=O)cc1. The summed E-state index contributed by atoms with van der Waals surface area (Å²) in [6.45, 7) is 9.44. The van der Waals surface area contributed by atoms with Crippen molar-refractivity contribution < 1.29 is 28.7 Å². The molecule has 13 heteroatoms. The third-order valence-electron chi connectivity index (χ3n) is 8.72. The zero-order valence-corrected chi connectivity index (χ0v) is 27.6. The van der Waals surface area contributed by atoms with Crippen LogP contribution in [0.15, 0.2) is 58.4 Å². The number of ether oxygens (including phenoxy) is 2. The molecule has 6 rings (SSSR count). The summed E-state index contributed by atoms with van der Waals surface area (Å²) < 4.78 is 11.9. The maximum absolute atomic E-state index is 14.2. The molecule has 11 nitrogen and oxygen atoms in total. The molecule has 3 aliphatic heterocycles. The molecule has 0 aliphatic carbocycles. The van der Waals surface area contributed by atoms with Crippen LogP contribution in [0.25, 0.3) is 0 Å². The number of amides is 3. The molecule has 0 saturated carbocycles. The Labute approximate surface area is 275 Å². The second-order valence-electron chi connectivity index (χ2n) is 11.2. The first-order valence-corrected chi connectivity index (χ1v) is 17.2. The van der Waals surface area contributed by atoms with Gasteiger partial charge >= 0.3 is 10.8 Å². The first-order chi connectivity index (χ1) is 22.3. The van der Waals surface area contributed by atoms with Crippen LogP contribution in [0, 0.1) is 5.92 Å². The van der Waals surface area contributed by atoms with E-state index in [1.54, 1.807) is 24.0 Å². The first-order valence-electron chi connectivity index (χ1n) is 15.5. The summed E-state index contributed by atoms with van der Waals surface area (Å²) in [5.41, 5.74) is 2.53. The lowest BCUT2D eigenvalue weighted by atomic mass is 9.83. The predicted octanol–water partition coefficient (Wildman–Crippen LogP) is 3.59. The smallest absolute Gasteiger partial charge is 0.338 e. The highest BCUT2D eigenvalue weighted by molar-refractivity contribution is 8.00. The molecule has 3 amide bonds. The Bertz CT molecular complexity index is 1690. The average Bonchev–Trinajstić information content (AvgIpc) is 3.52. The number of aromatic nitrogens is 1. The van der Waals surface area contributed by atoms with Gasteiger partial charge in [0, 0.05) is 42.7 Å². The second-order valence-corrected chi connectivity index (χ2v) is 13.3. The van der Waals surface area contributed by atoms with Crippen molar-refractivity contribution in [2.75, 3.05) is 55.8 Å². The van der Waals surface area contributed by atoms with E-state index in [9.17, 15) is 24.0 Å². The number of thiazole rings is 1. The van der Waals surface area contributed by atoms with Crippen molar-refractivity contribution in [3.63, 3.8) is 0 Å². The van der Waals surface area contributed by atoms with Crippen LogP contribution in [0.4, 0.5) is 11.4 Å². The average molecular weight is 665 g/mol. The number of esters is 1. The fourth-order valence-electron chi connectivity index (χ4n) is 6.36. The van der Waals surface area contributed by atoms with E-state index < -0.39 is 29.0 Å². The Morgan fingerprint density at radius 1 is 0.935 bits per heavy atom. The van der Waals surface area contributed by atoms with E-state index in [2.05, 4.69) is 18.7 Å². The number of fused-ring (bicyclic) bond motifs is 2. The normalized spacial score (nSPS) is 20.8. The summed E-state index contributed by atoms with van der Waals surface area (Å²) in [5, 5.41) is -0.257. The summed E-state index contributed by atoms with van der Waals surface area (Å²) in [6.07, 6.45) is 0. The summed E-state index contributed by atoms with van der Waals surface area (Å²) in [4.78, 5) is 72.7. The van der Waals surface area contributed by atoms with E-state index in [1.807, 2.05) is 24.3 Å². The fraction of sp³-hybridized carbons (Fsp3) is 0.424. The molecule has 0 unspecified atom stereocenters. The molecule has 3 aromatic rings. The van der Waals surface area contributed by atoms with Gasteiger partial charge in [-0.25, -0.2) is 9.69 Å². The minimum Gasteiger partial charge on any atom is -0.462 e. The van der Waals surface area contributed by atoms with Crippen LogP contribution < -0.4 is 14.7 Å². The third kappa shape index (κ3) is 5.75. The molecule has 3 atom stereocenters. The third-order valence-corrected chi connectivity index (χ3v) is 11.3. The molecule has 4 heterocycles. The molecule has 3 aliphatic rings. The number of anilines is 2. The van der Waals surface area contributed by atoms with Crippen molar-refractivity contribution in [3.8, 4) is 0 Å². The number of nitrogens with zero attached hydrogens (tertiary/aromatic N) is 4. The van der Waals surface area contributed by atoms with Crippen molar-refractivity contribution >= 4 is 58.2 Å². The van der Waals surface area contributed by atoms with E-state index in [4.69, 9.17) is 9.47 Å². The number of carbonyl (C=O) groups is 4. The number of rotatable bonds is 9. The highest BCUT2D eigenvalue weighted by atomic mass is 32.2. The summed E-state index contributed by atoms with van der Waals surface area (Å²) >= 11 is 2.22. The largest absolute Gasteiger partial charge is 0.462 e. The van der Waals surface area contributed by atoms with Crippen molar-refractivity contribution in [2.45, 2.75) is 43.5 Å². The number of thioether (sulfide) groups is 1. The van der Waals surface area contributed by atoms with Crippen LogP contribution in [0.1, 0.15) is 47.5 Å². The monoisotopic (exact) mass is 664 g/mol. The molecule has 1 aromatic heterocycles. The minimum atomic E-state index is -0.809. The van der Waals surface area contributed by atoms with E-state index >= 15 is 0 Å². The Balaban J connectivity index is 1.39. The standard InChI is InChI=1S/C33H36N4O7S2/c1-4-34(5-2)22-11-7-20(8-12-22)25-26-27(30(40)37(29(26)39)23-13-9-21(10-14-23)32(41)44-6-3)45-31-28(25)46-33(42)36(31)19-24(38)35-15-17-43-18-16-35/h7-14,25-27H,4-6,15-19H2,1-3H3/t25-,26-,27+/m0/s1. The van der Waals surface area contributed by atoms with Crippen molar-refractivity contribution in [3.05, 3.63) is 74.2 Å². The van der Waals surface area contributed by atoms with Gasteiger partial charge in [-0.2, -0.15) is 0 Å². The predicted molar refractivity (Wildman–Crippen MR) is 176 cm³/mol. The maximum atomic E-state index is 14.2. The van der Waals surface area contributed by atoms with Gasteiger partial charge in [0.05, 0.1) is 42.0 Å². The maximum Gasteiger partial charge on any atom is 0.338 e. The highest BCUT2D eigenvalue weighted by Gasteiger charge is 2.57. The Hall–Kier alpha value is -3.94. The van der Waals surface area contributed by atoms with E-state index in [-0.39, 0.29) is 29.8 Å². The molecular weight excluding hydrogens is 629 g/mol. The van der Waals surface area contributed by atoms with Gasteiger partial charge in [-0.15, -0.1) is 0 Å². The number of hydrogen-bond acceptors (Lipinski definition) is 10. The summed E-state index contributed by atoms with van der Waals surface area (Å²) in [6, 6.07) is 14.2. The van der Waals surface area contributed by atoms with Gasteiger partial charge in [0.25, 0.3) is 0 Å². The summed E-state index contributed by atoms with van der Waals surface area (Å²) in [7, 11) is 0. The zero-order valence-electron chi connectivity index (χ0n) is 26.0. The number of imide groups is 1. The number of benzene rings is 2. The molecular formula is C33H36N4O7S2. The van der Waals surface area contributed by atoms with Gasteiger partial charge in [0.1, 0.15) is 11.8 Å². The van der Waals surface area contributed by atoms with Crippen molar-refractivity contribution in [1.82, 2.24) is 9.47 Å². The number of carbonyl (C=O) groups excluding carboxylic acids is 4. The molecule has 0 N–H and O–H groups in total. The van der Waals surface area contributed by atoms with Crippen LogP contribution in [-0.2, 0) is 30.4 Å². The van der Waals surface area contributed by atoms with Crippen LogP contribution >= 0.6 is 23.1 Å². The minimum absolute atomic E-state index is 0.149. The molecule has 242 valence electrons. The van der Waals surface area contributed by atoms with E-state index in [0.29, 0.717) is 47.5 Å². The Morgan fingerprint density at radius 3 is 2.24 bits per heavy atom. The molecule has 46 heavy (non-hydrogen) atoms. The van der Waals surface area contributed by atoms with Gasteiger partial charge in [0.15, 0.2) is 0 Å². The van der Waals surface area contributed by atoms with Crippen LogP contribution in [0.2, 0.25) is 0 Å². The Morgan fingerprint density at radius 2 is 1.61 bits per heavy atom. The van der Waals surface area contributed by atoms with Crippen LogP contribution in [0.3, 0.4) is 0 Å². The zero-order chi connectivity index (χ0) is 32.5. The quantitative estimate of drug-likeness (QED) is 0.250. The lowest BCUT2D eigenvalue weighted by Gasteiger charge is -2.31. The van der Waals surface area contributed by atoms with E-state index in [0.717, 1.165) is 35.7 Å². The van der Waals surface area contributed by atoms with Gasteiger partial charge in [-0.3, -0.25) is 23.7 Å². The summed E-state index contributed by atoms with van der Waals surface area (Å²) in [5.74, 6) is -2.78. The molecule has 0 radical (unpaired) electrons. The lowest BCUT2D eigenvalue weighted by molar-refractivity contribution is -0.136. The van der Waals surface area contributed by atoms with E-state index in [1.165, 1.54) is 33.4 Å². The topological polar surface area (TPSA) is 118 Å². The highest BCUT2D eigenvalue weighted by Crippen LogP contribution is 2.54. The van der Waals surface area contributed by atoms with Crippen LogP contribution in [-0.4, -0.2) is 84.4 Å². The molecule has 2 fully saturated rings. The fourth-order valence-corrected chi connectivity index (χ4v) is 9.13. The van der Waals surface area contributed by atoms with Gasteiger partial charge < -0.3 is 19.3 Å². The number of hydrogen-bond donors (Lipinski definition) is 0. The Kier molecular flexibility index (Phi) is 9.34. The van der Waals surface area contributed by atoms with Gasteiger partial charge in [-0.1, -0.05) is 35.2 Å². The van der Waals surface area contributed by atoms with Crippen LogP contribution in [0.5, 0.6) is 0 Å². The second kappa shape index (κ2) is 13.4. The van der Waals surface area contributed by atoms with Crippen molar-refractivity contribution in [1.29, 1.82) is 0 Å². The van der Waals surface area contributed by atoms with Gasteiger partial charge in [-0.05, 0) is 62.7 Å². The lowest BCUT2D eigenvalue weighted by Crippen LogP contribution is -2.43.